The predicted octanol–water partition coefficient (Wildman–Crippen LogP) is 4.19. The van der Waals surface area contributed by atoms with Gasteiger partial charge in [0.15, 0.2) is 0 Å². The molecule has 0 unspecified atom stereocenters. The van der Waals surface area contributed by atoms with Crippen LogP contribution >= 0.6 is 0 Å². The van der Waals surface area contributed by atoms with E-state index >= 15 is 0 Å². The van der Waals surface area contributed by atoms with E-state index in [0.29, 0.717) is 22.9 Å². The summed E-state index contributed by atoms with van der Waals surface area (Å²) < 4.78 is 19.0. The average Bonchev–Trinajstić information content (AvgIpc) is 3.48. The summed E-state index contributed by atoms with van der Waals surface area (Å²) in [5.41, 5.74) is 3.58. The minimum atomic E-state index is 0.691. The van der Waals surface area contributed by atoms with Crippen molar-refractivity contribution in [3.8, 4) is 11.5 Å². The first kappa shape index (κ1) is 26.9. The maximum Gasteiger partial charge on any atom is 0.421 e. The fourth-order valence-electron chi connectivity index (χ4n) is 4.76. The Morgan fingerprint density at radius 3 is 1.35 bits per heavy atom. The smallest absolute Gasteiger partial charge is 0.421 e. The summed E-state index contributed by atoms with van der Waals surface area (Å²) in [5, 5.41) is 17.7. The van der Waals surface area contributed by atoms with Crippen LogP contribution in [0.5, 0.6) is 11.5 Å². The first-order valence-electron chi connectivity index (χ1n) is 13.1. The zero-order valence-corrected chi connectivity index (χ0v) is 23.9. The molecule has 0 spiro atoms. The van der Waals surface area contributed by atoms with Crippen molar-refractivity contribution in [1.82, 2.24) is 9.13 Å². The Balaban J connectivity index is 1.25. The van der Waals surface area contributed by atoms with Gasteiger partial charge in [-0.05, 0) is 24.3 Å². The summed E-state index contributed by atoms with van der Waals surface area (Å²) in [4.78, 5) is 4.72. The molecule has 0 aliphatic carbocycles. The average molecular weight is 545 g/mol. The van der Waals surface area contributed by atoms with Gasteiger partial charge in [0.05, 0.1) is 67.2 Å². The molecule has 208 valence electrons. The summed E-state index contributed by atoms with van der Waals surface area (Å²) in [7, 11) is 11.1. The van der Waals surface area contributed by atoms with Crippen LogP contribution in [-0.2, 0) is 28.2 Å². The number of rotatable bonds is 8. The van der Waals surface area contributed by atoms with E-state index in [9.17, 15) is 0 Å². The molecule has 0 bridgehead atoms. The Morgan fingerprint density at radius 2 is 1.02 bits per heavy atom. The molecule has 1 fully saturated rings. The molecule has 1 aliphatic rings. The SMILES string of the molecule is COc1cc(N2CCN(c3ccc(N=Nc4n(C)cc[n+]4C)c(OC)c3)CC2)ccc1N=Nc1n(C)cc[n+]1C. The molecule has 2 aromatic heterocycles. The van der Waals surface area contributed by atoms with E-state index in [1.165, 1.54) is 0 Å². The number of aryl methyl sites for hydroxylation is 4. The van der Waals surface area contributed by atoms with E-state index in [-0.39, 0.29) is 0 Å². The minimum Gasteiger partial charge on any atom is -0.494 e. The minimum absolute atomic E-state index is 0.691. The molecular weight excluding hydrogens is 508 g/mol. The van der Waals surface area contributed by atoms with Crippen molar-refractivity contribution in [1.29, 1.82) is 0 Å². The highest BCUT2D eigenvalue weighted by Gasteiger charge is 2.21. The van der Waals surface area contributed by atoms with Crippen LogP contribution < -0.4 is 28.4 Å². The number of azo groups is 2. The Hall–Kier alpha value is -4.74. The van der Waals surface area contributed by atoms with E-state index in [0.717, 1.165) is 49.5 Å². The molecule has 5 rings (SSSR count). The highest BCUT2D eigenvalue weighted by molar-refractivity contribution is 5.64. The van der Waals surface area contributed by atoms with Crippen LogP contribution in [0.2, 0.25) is 0 Å². The first-order chi connectivity index (χ1) is 19.4. The number of hydrogen-bond donors (Lipinski definition) is 0. The van der Waals surface area contributed by atoms with Gasteiger partial charge in [-0.15, -0.1) is 0 Å². The topological polar surface area (TPSA) is 92.0 Å². The summed E-state index contributed by atoms with van der Waals surface area (Å²) in [6.45, 7) is 3.49. The number of benzene rings is 2. The maximum absolute atomic E-state index is 5.65. The van der Waals surface area contributed by atoms with Gasteiger partial charge in [0.1, 0.15) is 22.9 Å². The molecule has 0 saturated carbocycles. The fourth-order valence-corrected chi connectivity index (χ4v) is 4.76. The molecule has 4 aromatic rings. The van der Waals surface area contributed by atoms with E-state index in [1.807, 2.05) is 95.5 Å². The van der Waals surface area contributed by atoms with Crippen molar-refractivity contribution in [3.63, 3.8) is 0 Å². The van der Waals surface area contributed by atoms with Gasteiger partial charge >= 0.3 is 11.9 Å². The van der Waals surface area contributed by atoms with Crippen LogP contribution in [0.4, 0.5) is 34.6 Å². The van der Waals surface area contributed by atoms with Crippen LogP contribution in [0.1, 0.15) is 0 Å². The Kier molecular flexibility index (Phi) is 7.76. The Labute approximate surface area is 234 Å². The Bertz CT molecular complexity index is 1390. The quantitative estimate of drug-likeness (QED) is 0.246. The van der Waals surface area contributed by atoms with Gasteiger partial charge in [-0.2, -0.15) is 0 Å². The van der Waals surface area contributed by atoms with E-state index in [2.05, 4.69) is 42.4 Å². The third kappa shape index (κ3) is 5.51. The lowest BCUT2D eigenvalue weighted by atomic mass is 10.2. The Morgan fingerprint density at radius 1 is 0.625 bits per heavy atom. The zero-order valence-electron chi connectivity index (χ0n) is 23.9. The highest BCUT2D eigenvalue weighted by atomic mass is 16.5. The molecule has 12 heteroatoms. The molecule has 0 radical (unpaired) electrons. The lowest BCUT2D eigenvalue weighted by molar-refractivity contribution is -0.657. The molecule has 0 amide bonds. The van der Waals surface area contributed by atoms with E-state index in [4.69, 9.17) is 9.47 Å². The van der Waals surface area contributed by atoms with Gasteiger partial charge in [0.25, 0.3) is 0 Å². The van der Waals surface area contributed by atoms with Crippen LogP contribution in [0.3, 0.4) is 0 Å². The lowest BCUT2D eigenvalue weighted by Crippen LogP contribution is -2.46. The number of nitrogens with zero attached hydrogens (tertiary/aromatic N) is 10. The van der Waals surface area contributed by atoms with Crippen LogP contribution in [-0.4, -0.2) is 49.5 Å². The van der Waals surface area contributed by atoms with Crippen molar-refractivity contribution >= 4 is 34.6 Å². The third-order valence-electron chi connectivity index (χ3n) is 7.12. The zero-order chi connectivity index (χ0) is 28.2. The lowest BCUT2D eigenvalue weighted by Gasteiger charge is -2.37. The number of ether oxygens (including phenoxy) is 2. The van der Waals surface area contributed by atoms with Crippen LogP contribution in [0, 0.1) is 0 Å². The van der Waals surface area contributed by atoms with Crippen LogP contribution in [0.15, 0.2) is 81.6 Å². The first-order valence-corrected chi connectivity index (χ1v) is 13.1. The number of anilines is 2. The fraction of sp³-hybridized carbons (Fsp3) is 0.357. The van der Waals surface area contributed by atoms with Crippen molar-refractivity contribution in [3.05, 3.63) is 61.2 Å². The molecule has 0 atom stereocenters. The second-order valence-corrected chi connectivity index (χ2v) is 9.73. The van der Waals surface area contributed by atoms with Crippen molar-refractivity contribution < 1.29 is 18.6 Å². The molecule has 1 aliphatic heterocycles. The predicted molar refractivity (Wildman–Crippen MR) is 152 cm³/mol. The van der Waals surface area contributed by atoms with Crippen LogP contribution in [0.25, 0.3) is 0 Å². The number of piperazine rings is 1. The van der Waals surface area contributed by atoms with Gasteiger partial charge in [-0.1, -0.05) is 10.2 Å². The highest BCUT2D eigenvalue weighted by Crippen LogP contribution is 2.35. The monoisotopic (exact) mass is 544 g/mol. The van der Waals surface area contributed by atoms with E-state index in [1.54, 1.807) is 14.2 Å². The maximum atomic E-state index is 5.65. The molecule has 40 heavy (non-hydrogen) atoms. The summed E-state index contributed by atoms with van der Waals surface area (Å²) >= 11 is 0. The second kappa shape index (κ2) is 11.6. The third-order valence-corrected chi connectivity index (χ3v) is 7.12. The van der Waals surface area contributed by atoms with E-state index < -0.39 is 0 Å². The molecule has 0 N–H and O–H groups in total. The largest absolute Gasteiger partial charge is 0.494 e. The standard InChI is InChI=1S/C28H36N10O2/c1-33-11-12-34(2)27(33)31-29-23-9-7-21(19-25(23)39-5)37-15-17-38(18-16-37)22-8-10-24(26(20-22)40-6)30-32-28-35(3)13-14-36(28)4/h7-14,19-20H,15-18H2,1-6H3/q+2. The molecule has 2 aromatic carbocycles. The van der Waals surface area contributed by atoms with Gasteiger partial charge in [-0.3, -0.25) is 0 Å². The summed E-state index contributed by atoms with van der Waals surface area (Å²) in [6, 6.07) is 12.1. The normalized spacial score (nSPS) is 14.1. The van der Waals surface area contributed by atoms with Gasteiger partial charge < -0.3 is 19.3 Å². The molecular formula is C28H36N10O2+2. The summed E-state index contributed by atoms with van der Waals surface area (Å²) in [5.74, 6) is 2.89. The number of hydrogen-bond acceptors (Lipinski definition) is 8. The van der Waals surface area contributed by atoms with Crippen molar-refractivity contribution in [2.75, 3.05) is 50.2 Å². The molecule has 3 heterocycles. The van der Waals surface area contributed by atoms with Crippen molar-refractivity contribution in [2.45, 2.75) is 0 Å². The number of methoxy groups -OCH3 is 2. The molecule has 12 nitrogen and oxygen atoms in total. The van der Waals surface area contributed by atoms with Gasteiger partial charge in [0.2, 0.25) is 0 Å². The molecule has 1 saturated heterocycles. The number of aromatic nitrogens is 4. The second-order valence-electron chi connectivity index (χ2n) is 9.73. The van der Waals surface area contributed by atoms with Crippen molar-refractivity contribution in [2.24, 2.45) is 48.6 Å². The van der Waals surface area contributed by atoms with Gasteiger partial charge in [0, 0.05) is 59.9 Å². The summed E-state index contributed by atoms with van der Waals surface area (Å²) in [6.07, 6.45) is 7.76. The number of imidazole rings is 2. The van der Waals surface area contributed by atoms with Gasteiger partial charge in [-0.25, -0.2) is 18.3 Å².